The van der Waals surface area contributed by atoms with Crippen molar-refractivity contribution in [1.82, 2.24) is 19.8 Å². The summed E-state index contributed by atoms with van der Waals surface area (Å²) in [7, 11) is -4.08. The Labute approximate surface area is 247 Å². The van der Waals surface area contributed by atoms with E-state index in [1.54, 1.807) is 63.5 Å². The maximum absolute atomic E-state index is 13.1. The van der Waals surface area contributed by atoms with E-state index in [1.165, 1.54) is 12.1 Å². The topological polar surface area (TPSA) is 134 Å². The molecule has 3 aromatic rings. The summed E-state index contributed by atoms with van der Waals surface area (Å²) in [6.07, 6.45) is 5.24. The minimum Gasteiger partial charge on any atom is -0.371 e. The van der Waals surface area contributed by atoms with Crippen LogP contribution in [-0.2, 0) is 19.7 Å². The quantitative estimate of drug-likeness (QED) is 0.317. The Morgan fingerprint density at radius 1 is 1.00 bits per heavy atom. The zero-order chi connectivity index (χ0) is 30.2. The minimum atomic E-state index is -4.08. The second-order valence-electron chi connectivity index (χ2n) is 11.1. The number of nitrogens with zero attached hydrogens (tertiary/aromatic N) is 4. The fraction of sp³-hybridized carbons (Fsp3) is 0.400. The van der Waals surface area contributed by atoms with Crippen molar-refractivity contribution in [2.24, 2.45) is 5.92 Å². The summed E-state index contributed by atoms with van der Waals surface area (Å²) in [4.78, 5) is 41.5. The van der Waals surface area contributed by atoms with Crippen molar-refractivity contribution >= 4 is 33.5 Å². The zero-order valence-electron chi connectivity index (χ0n) is 24.2. The van der Waals surface area contributed by atoms with Gasteiger partial charge in [-0.3, -0.25) is 9.59 Å². The van der Waals surface area contributed by atoms with Crippen molar-refractivity contribution in [2.45, 2.75) is 50.5 Å². The Balaban J connectivity index is 1.26. The average molecular weight is 595 g/mol. The third-order valence-corrected chi connectivity index (χ3v) is 8.74. The van der Waals surface area contributed by atoms with Gasteiger partial charge in [-0.25, -0.2) is 18.4 Å². The normalized spacial score (nSPS) is 14.4. The number of sulfonamides is 1. The van der Waals surface area contributed by atoms with Crippen molar-refractivity contribution in [1.29, 1.82) is 0 Å². The summed E-state index contributed by atoms with van der Waals surface area (Å²) in [5.41, 5.74) is 0.427. The van der Waals surface area contributed by atoms with Crippen molar-refractivity contribution in [3.63, 3.8) is 0 Å². The first-order chi connectivity index (χ1) is 20.0. The van der Waals surface area contributed by atoms with Crippen LogP contribution in [0.2, 0.25) is 0 Å². The molecule has 2 aromatic carbocycles. The van der Waals surface area contributed by atoms with Crippen LogP contribution in [0.25, 0.3) is 0 Å². The van der Waals surface area contributed by atoms with E-state index in [9.17, 15) is 18.0 Å². The summed E-state index contributed by atoms with van der Waals surface area (Å²) in [5, 5.41) is 6.03. The fourth-order valence-electron chi connectivity index (χ4n) is 4.62. The molecule has 0 spiro atoms. The number of anilines is 2. The van der Waals surface area contributed by atoms with Gasteiger partial charge in [0.05, 0.1) is 16.9 Å². The lowest BCUT2D eigenvalue weighted by Gasteiger charge is -2.33. The molecule has 224 valence electrons. The van der Waals surface area contributed by atoms with E-state index in [2.05, 4.69) is 25.5 Å². The van der Waals surface area contributed by atoms with Gasteiger partial charge >= 0.3 is 5.97 Å². The monoisotopic (exact) mass is 594 g/mol. The second-order valence-corrected chi connectivity index (χ2v) is 12.9. The molecule has 2 heterocycles. The molecule has 1 aliphatic heterocycles. The molecule has 0 atom stereocenters. The third-order valence-electron chi connectivity index (χ3n) is 6.81. The molecular formula is C30H38N6O5S. The van der Waals surface area contributed by atoms with Gasteiger partial charge in [0, 0.05) is 49.8 Å². The van der Waals surface area contributed by atoms with Crippen molar-refractivity contribution in [3.8, 4) is 0 Å². The number of hydrogen-bond donors (Lipinski definition) is 2. The molecule has 12 heteroatoms. The summed E-state index contributed by atoms with van der Waals surface area (Å²) < 4.78 is 27.0. The molecule has 0 bridgehead atoms. The van der Waals surface area contributed by atoms with Crippen LogP contribution in [0.4, 0.5) is 11.6 Å². The van der Waals surface area contributed by atoms with Crippen LogP contribution in [0.1, 0.15) is 50.4 Å². The zero-order valence-corrected chi connectivity index (χ0v) is 25.0. The Morgan fingerprint density at radius 3 is 2.36 bits per heavy atom. The van der Waals surface area contributed by atoms with E-state index in [4.69, 9.17) is 4.84 Å². The lowest BCUT2D eigenvalue weighted by atomic mass is 9.96. The lowest BCUT2D eigenvalue weighted by Crippen LogP contribution is -2.46. The molecule has 0 saturated carbocycles. The summed E-state index contributed by atoms with van der Waals surface area (Å²) in [6, 6.07) is 17.0. The highest BCUT2D eigenvalue weighted by Gasteiger charge is 2.38. The predicted molar refractivity (Wildman–Crippen MR) is 160 cm³/mol. The highest BCUT2D eigenvalue weighted by Crippen LogP contribution is 2.26. The molecule has 1 fully saturated rings. The first-order valence-corrected chi connectivity index (χ1v) is 15.4. The Morgan fingerprint density at radius 2 is 1.69 bits per heavy atom. The molecule has 0 aliphatic carbocycles. The van der Waals surface area contributed by atoms with Gasteiger partial charge < -0.3 is 20.4 Å². The van der Waals surface area contributed by atoms with Crippen LogP contribution >= 0.6 is 0 Å². The molecule has 0 unspecified atom stereocenters. The van der Waals surface area contributed by atoms with Crippen LogP contribution in [0.15, 0.2) is 78.0 Å². The van der Waals surface area contributed by atoms with E-state index in [1.807, 2.05) is 18.2 Å². The number of nitrogens with one attached hydrogen (secondary N) is 2. The van der Waals surface area contributed by atoms with Gasteiger partial charge in [0.15, 0.2) is 0 Å². The Bertz CT molecular complexity index is 1440. The number of aromatic nitrogens is 2. The molecule has 1 amide bonds. The highest BCUT2D eigenvalue weighted by atomic mass is 32.2. The first kappa shape index (κ1) is 30.9. The van der Waals surface area contributed by atoms with E-state index >= 15 is 0 Å². The maximum Gasteiger partial charge on any atom is 0.328 e. The number of carbonyl (C=O) groups excluding carboxylic acids is 2. The van der Waals surface area contributed by atoms with Crippen LogP contribution < -0.4 is 15.5 Å². The molecule has 11 nitrogen and oxygen atoms in total. The second kappa shape index (κ2) is 13.8. The number of rotatable bonds is 11. The summed E-state index contributed by atoms with van der Waals surface area (Å²) in [6.45, 7) is 7.45. The Kier molecular flexibility index (Phi) is 10.1. The van der Waals surface area contributed by atoms with Crippen molar-refractivity contribution < 1.29 is 22.8 Å². The predicted octanol–water partition coefficient (Wildman–Crippen LogP) is 3.87. The number of carbonyl (C=O) groups is 2. The molecule has 4 rings (SSSR count). The number of piperidine rings is 1. The molecule has 2 N–H and O–H groups in total. The van der Waals surface area contributed by atoms with Gasteiger partial charge in [-0.15, -0.1) is 0 Å². The number of benzene rings is 2. The third kappa shape index (κ3) is 8.26. The maximum atomic E-state index is 13.1. The number of hydroxylamine groups is 1. The lowest BCUT2D eigenvalue weighted by molar-refractivity contribution is -0.182. The largest absolute Gasteiger partial charge is 0.371 e. The number of amides is 1. The van der Waals surface area contributed by atoms with E-state index in [0.29, 0.717) is 17.4 Å². The molecular weight excluding hydrogens is 556 g/mol. The van der Waals surface area contributed by atoms with Crippen LogP contribution in [0.3, 0.4) is 0 Å². The molecule has 0 radical (unpaired) electrons. The van der Waals surface area contributed by atoms with Gasteiger partial charge in [-0.2, -0.15) is 0 Å². The summed E-state index contributed by atoms with van der Waals surface area (Å²) >= 11 is 0. The van der Waals surface area contributed by atoms with E-state index < -0.39 is 21.5 Å². The van der Waals surface area contributed by atoms with Crippen LogP contribution in [0, 0.1) is 5.92 Å². The minimum absolute atomic E-state index is 0.00517. The van der Waals surface area contributed by atoms with Crippen LogP contribution in [0.5, 0.6) is 0 Å². The van der Waals surface area contributed by atoms with E-state index in [-0.39, 0.29) is 23.8 Å². The van der Waals surface area contributed by atoms with Gasteiger partial charge in [0.1, 0.15) is 0 Å². The van der Waals surface area contributed by atoms with Gasteiger partial charge in [-0.1, -0.05) is 24.3 Å². The first-order valence-electron chi connectivity index (χ1n) is 14.0. The number of hydrogen-bond acceptors (Lipinski definition) is 9. The fourth-order valence-corrected chi connectivity index (χ4v) is 6.21. The highest BCUT2D eigenvalue weighted by molar-refractivity contribution is 7.89. The Hall–Kier alpha value is -4.03. The molecule has 1 aromatic heterocycles. The standard InChI is InChI=1S/C30H38N6O5S/c1-30(2,3)36(42(39,40)26-11-5-4-6-12-26)41-27(37)13-18-31-28(38)24-9-7-10-25(21-24)35-19-14-23(15-20-35)22-34-29-32-16-8-17-33-29/h4-12,16-17,21,23H,13-15,18-20,22H2,1-3H3,(H,31,38)(H,32,33,34). The van der Waals surface area contributed by atoms with Crippen LogP contribution in [-0.4, -0.2) is 66.4 Å². The van der Waals surface area contributed by atoms with Gasteiger partial charge in [0.2, 0.25) is 5.95 Å². The average Bonchev–Trinajstić information content (AvgIpc) is 2.99. The molecule has 1 saturated heterocycles. The van der Waals surface area contributed by atoms with Crippen molar-refractivity contribution in [2.75, 3.05) is 36.4 Å². The SMILES string of the molecule is CC(C)(C)N(OC(=O)CCNC(=O)c1cccc(N2CCC(CNc3ncccn3)CC2)c1)S(=O)(=O)c1ccccc1. The molecule has 42 heavy (non-hydrogen) atoms. The summed E-state index contributed by atoms with van der Waals surface area (Å²) in [5.74, 6) is 0.0506. The van der Waals surface area contributed by atoms with E-state index in [0.717, 1.165) is 42.6 Å². The van der Waals surface area contributed by atoms with Gasteiger partial charge in [-0.05, 0) is 80.4 Å². The molecule has 1 aliphatic rings. The van der Waals surface area contributed by atoms with Gasteiger partial charge in [0.25, 0.3) is 15.9 Å². The van der Waals surface area contributed by atoms with Crippen molar-refractivity contribution in [3.05, 3.63) is 78.6 Å². The smallest absolute Gasteiger partial charge is 0.328 e.